The Labute approximate surface area is 268 Å². The van der Waals surface area contributed by atoms with Crippen LogP contribution in [0.25, 0.3) is 11.3 Å². The summed E-state index contributed by atoms with van der Waals surface area (Å²) in [5.41, 5.74) is 4.38. The highest BCUT2D eigenvalue weighted by Gasteiger charge is 2.51. The van der Waals surface area contributed by atoms with Crippen molar-refractivity contribution in [3.63, 3.8) is 0 Å². The summed E-state index contributed by atoms with van der Waals surface area (Å²) in [6, 6.07) is 28.6. The largest absolute Gasteiger partial charge is 0.508 e. The number of benzene rings is 3. The number of carbonyl (C=O) groups excluding carboxylic acids is 3. The van der Waals surface area contributed by atoms with E-state index in [2.05, 4.69) is 16.9 Å². The summed E-state index contributed by atoms with van der Waals surface area (Å²) >= 11 is 0. The van der Waals surface area contributed by atoms with Gasteiger partial charge in [0.2, 0.25) is 11.8 Å². The maximum atomic E-state index is 14.3. The van der Waals surface area contributed by atoms with Gasteiger partial charge in [-0.15, -0.1) is 6.58 Å². The van der Waals surface area contributed by atoms with Gasteiger partial charge < -0.3 is 20.2 Å². The Kier molecular flexibility index (Phi) is 9.07. The van der Waals surface area contributed by atoms with Gasteiger partial charge in [-0.25, -0.2) is 14.8 Å². The second-order valence-corrected chi connectivity index (χ2v) is 11.4. The normalized spacial score (nSPS) is 18.3. The molecule has 3 heterocycles. The Balaban J connectivity index is 1.34. The SMILES string of the molecule is C=CCN1CC(=O)N2C(Cc3ccc(O)cc3)C(=O)N(Cc3cccc(-c4ccccn4)c3)C[C@@H]2N1C(=O)NCc1ccccc1. The highest BCUT2D eigenvalue weighted by Crippen LogP contribution is 2.30. The standard InChI is InChI=1S/C36H36N6O4/c1-2-19-40-25-34(44)41-32(21-26-14-16-30(43)17-15-26)35(45)39(23-28-11-8-12-29(20-28)31-13-6-7-18-37-31)24-33(41)42(40)36(46)38-22-27-9-4-3-5-10-27/h2-18,20,32-33,43H,1,19,21-25H2,(H,38,46)/t32?,33-/m0/s1. The number of hydrazine groups is 1. The zero-order chi connectivity index (χ0) is 32.0. The quantitative estimate of drug-likeness (QED) is 0.273. The molecule has 3 aromatic carbocycles. The Hall–Kier alpha value is -5.48. The van der Waals surface area contributed by atoms with Crippen molar-refractivity contribution in [2.45, 2.75) is 31.7 Å². The molecule has 2 atom stereocenters. The second-order valence-electron chi connectivity index (χ2n) is 11.4. The lowest BCUT2D eigenvalue weighted by molar-refractivity contribution is -0.189. The van der Waals surface area contributed by atoms with E-state index in [0.29, 0.717) is 6.54 Å². The molecule has 0 bridgehead atoms. The fourth-order valence-corrected chi connectivity index (χ4v) is 6.14. The van der Waals surface area contributed by atoms with Gasteiger partial charge in [0.1, 0.15) is 18.0 Å². The lowest BCUT2D eigenvalue weighted by atomic mass is 9.98. The topological polar surface area (TPSA) is 109 Å². The number of hydrogen-bond donors (Lipinski definition) is 2. The maximum absolute atomic E-state index is 14.3. The van der Waals surface area contributed by atoms with Gasteiger partial charge in [0.05, 0.1) is 18.8 Å². The van der Waals surface area contributed by atoms with Crippen molar-refractivity contribution in [3.8, 4) is 17.0 Å². The number of hydrogen-bond acceptors (Lipinski definition) is 6. The molecule has 0 radical (unpaired) electrons. The van der Waals surface area contributed by atoms with Crippen molar-refractivity contribution in [1.82, 2.24) is 30.1 Å². The summed E-state index contributed by atoms with van der Waals surface area (Å²) in [6.07, 6.45) is 2.87. The average Bonchev–Trinajstić information content (AvgIpc) is 3.07. The first-order valence-corrected chi connectivity index (χ1v) is 15.3. The Morgan fingerprint density at radius 1 is 0.935 bits per heavy atom. The molecule has 1 unspecified atom stereocenters. The van der Waals surface area contributed by atoms with Crippen LogP contribution in [0.15, 0.2) is 116 Å². The van der Waals surface area contributed by atoms with Gasteiger partial charge in [0, 0.05) is 37.8 Å². The third kappa shape index (κ3) is 6.62. The second kappa shape index (κ2) is 13.7. The molecule has 0 saturated carbocycles. The number of phenolic OH excluding ortho intramolecular Hbond substituents is 1. The number of aromatic nitrogens is 1. The first-order valence-electron chi connectivity index (χ1n) is 15.3. The number of pyridine rings is 1. The van der Waals surface area contributed by atoms with Crippen LogP contribution in [0.5, 0.6) is 5.75 Å². The van der Waals surface area contributed by atoms with E-state index in [1.807, 2.05) is 72.8 Å². The zero-order valence-electron chi connectivity index (χ0n) is 25.4. The average molecular weight is 617 g/mol. The fourth-order valence-electron chi connectivity index (χ4n) is 6.14. The molecule has 0 aliphatic carbocycles. The predicted molar refractivity (Wildman–Crippen MR) is 174 cm³/mol. The minimum absolute atomic E-state index is 0.0766. The minimum Gasteiger partial charge on any atom is -0.508 e. The highest BCUT2D eigenvalue weighted by atomic mass is 16.3. The Bertz CT molecular complexity index is 1700. The van der Waals surface area contributed by atoms with E-state index in [1.165, 1.54) is 0 Å². The van der Waals surface area contributed by atoms with E-state index in [4.69, 9.17) is 0 Å². The molecule has 6 rings (SSSR count). The summed E-state index contributed by atoms with van der Waals surface area (Å²) in [5, 5.41) is 16.1. The van der Waals surface area contributed by atoms with Crippen LogP contribution in [0.3, 0.4) is 0 Å². The van der Waals surface area contributed by atoms with Crippen molar-refractivity contribution in [3.05, 3.63) is 133 Å². The molecule has 2 saturated heterocycles. The van der Waals surface area contributed by atoms with Gasteiger partial charge in [0.25, 0.3) is 0 Å². The first-order chi connectivity index (χ1) is 22.4. The molecular weight excluding hydrogens is 580 g/mol. The van der Waals surface area contributed by atoms with Gasteiger partial charge in [-0.05, 0) is 47.0 Å². The summed E-state index contributed by atoms with van der Waals surface area (Å²) in [7, 11) is 0. The molecule has 4 aromatic rings. The number of piperazine rings is 1. The summed E-state index contributed by atoms with van der Waals surface area (Å²) in [4.78, 5) is 49.8. The third-order valence-corrected chi connectivity index (χ3v) is 8.29. The third-order valence-electron chi connectivity index (χ3n) is 8.29. The van der Waals surface area contributed by atoms with Gasteiger partial charge >= 0.3 is 6.03 Å². The van der Waals surface area contributed by atoms with E-state index in [0.717, 1.165) is 27.9 Å². The Morgan fingerprint density at radius 2 is 1.70 bits per heavy atom. The van der Waals surface area contributed by atoms with Crippen LogP contribution in [0.2, 0.25) is 0 Å². The van der Waals surface area contributed by atoms with E-state index in [-0.39, 0.29) is 56.2 Å². The van der Waals surface area contributed by atoms with Crippen LogP contribution in [0, 0.1) is 0 Å². The number of amides is 4. The molecule has 1 aromatic heterocycles. The molecular formula is C36H36N6O4. The van der Waals surface area contributed by atoms with Crippen LogP contribution >= 0.6 is 0 Å². The zero-order valence-corrected chi connectivity index (χ0v) is 25.4. The molecule has 10 heteroatoms. The van der Waals surface area contributed by atoms with Crippen molar-refractivity contribution >= 4 is 17.8 Å². The molecule has 2 aliphatic rings. The van der Waals surface area contributed by atoms with Gasteiger partial charge in [-0.3, -0.25) is 14.6 Å². The number of fused-ring (bicyclic) bond motifs is 1. The number of nitrogens with zero attached hydrogens (tertiary/aromatic N) is 5. The van der Waals surface area contributed by atoms with Crippen LogP contribution in [-0.4, -0.2) is 79.6 Å². The Morgan fingerprint density at radius 3 is 2.43 bits per heavy atom. The minimum atomic E-state index is -0.856. The van der Waals surface area contributed by atoms with Crippen LogP contribution in [0.1, 0.15) is 16.7 Å². The number of aromatic hydroxyl groups is 1. The fraction of sp³-hybridized carbons (Fsp3) is 0.222. The molecule has 10 nitrogen and oxygen atoms in total. The number of phenols is 1. The van der Waals surface area contributed by atoms with Crippen molar-refractivity contribution < 1.29 is 19.5 Å². The van der Waals surface area contributed by atoms with E-state index < -0.39 is 12.2 Å². The molecule has 4 amide bonds. The number of nitrogens with one attached hydrogen (secondary N) is 1. The molecule has 46 heavy (non-hydrogen) atoms. The van der Waals surface area contributed by atoms with Crippen LogP contribution < -0.4 is 5.32 Å². The van der Waals surface area contributed by atoms with E-state index in [9.17, 15) is 19.5 Å². The van der Waals surface area contributed by atoms with Gasteiger partial charge in [0.15, 0.2) is 0 Å². The van der Waals surface area contributed by atoms with E-state index >= 15 is 0 Å². The smallest absolute Gasteiger partial charge is 0.334 e. The van der Waals surface area contributed by atoms with Crippen molar-refractivity contribution in [1.29, 1.82) is 0 Å². The monoisotopic (exact) mass is 616 g/mol. The lowest BCUT2D eigenvalue weighted by Crippen LogP contribution is -2.76. The summed E-state index contributed by atoms with van der Waals surface area (Å²) < 4.78 is 0. The molecule has 2 aliphatic heterocycles. The first kappa shape index (κ1) is 30.5. The van der Waals surface area contributed by atoms with Crippen molar-refractivity contribution in [2.24, 2.45) is 0 Å². The number of urea groups is 1. The van der Waals surface area contributed by atoms with Gasteiger partial charge in [-0.2, -0.15) is 0 Å². The molecule has 2 N–H and O–H groups in total. The highest BCUT2D eigenvalue weighted by molar-refractivity contribution is 5.91. The van der Waals surface area contributed by atoms with E-state index in [1.54, 1.807) is 56.4 Å². The van der Waals surface area contributed by atoms with Gasteiger partial charge in [-0.1, -0.05) is 72.8 Å². The molecule has 234 valence electrons. The van der Waals surface area contributed by atoms with Crippen LogP contribution in [-0.2, 0) is 29.1 Å². The predicted octanol–water partition coefficient (Wildman–Crippen LogP) is 4.19. The van der Waals surface area contributed by atoms with Crippen molar-refractivity contribution in [2.75, 3.05) is 19.6 Å². The van der Waals surface area contributed by atoms with Crippen LogP contribution in [0.4, 0.5) is 4.79 Å². The molecule has 2 fully saturated rings. The lowest BCUT2D eigenvalue weighted by Gasteiger charge is -2.55. The number of rotatable bonds is 9. The maximum Gasteiger partial charge on any atom is 0.334 e. The summed E-state index contributed by atoms with van der Waals surface area (Å²) in [6.45, 7) is 4.76. The molecule has 0 spiro atoms. The number of carbonyl (C=O) groups is 3. The summed E-state index contributed by atoms with van der Waals surface area (Å²) in [5.74, 6) is -0.336.